The minimum atomic E-state index is -0.484. The third-order valence-electron chi connectivity index (χ3n) is 7.85. The summed E-state index contributed by atoms with van der Waals surface area (Å²) in [5, 5.41) is 8.66. The van der Waals surface area contributed by atoms with Gasteiger partial charge in [0.05, 0.1) is 18.9 Å². The normalized spacial score (nSPS) is 20.2. The number of aromatic nitrogens is 2. The molecule has 0 aromatic carbocycles. The van der Waals surface area contributed by atoms with E-state index in [1.807, 2.05) is 20.8 Å². The summed E-state index contributed by atoms with van der Waals surface area (Å²) in [4.78, 5) is 13.8. The van der Waals surface area contributed by atoms with Crippen LogP contribution in [-0.4, -0.2) is 86.1 Å². The molecule has 1 aliphatic heterocycles. The molecule has 3 rings (SSSR count). The topological polar surface area (TPSA) is 87.1 Å². The molecule has 224 valence electrons. The number of nitrogens with zero attached hydrogens (tertiary/aromatic N) is 3. The minimum Gasteiger partial charge on any atom is -0.444 e. The number of hydrogen-bond acceptors (Lipinski definition) is 7. The lowest BCUT2D eigenvalue weighted by atomic mass is 9.70. The smallest absolute Gasteiger partial charge is 0.410 e. The van der Waals surface area contributed by atoms with Gasteiger partial charge in [0.25, 0.3) is 0 Å². The highest BCUT2D eigenvalue weighted by Crippen LogP contribution is 2.44. The van der Waals surface area contributed by atoms with Crippen LogP contribution in [0.2, 0.25) is 0 Å². The number of rotatable bonds is 14. The Balaban J connectivity index is 1.60. The summed E-state index contributed by atoms with van der Waals surface area (Å²) in [5.41, 5.74) is 2.17. The van der Waals surface area contributed by atoms with Gasteiger partial charge in [0.2, 0.25) is 0 Å². The fourth-order valence-electron chi connectivity index (χ4n) is 5.56. The summed E-state index contributed by atoms with van der Waals surface area (Å²) in [6.45, 7) is 15.8. The van der Waals surface area contributed by atoms with Gasteiger partial charge in [-0.05, 0) is 98.1 Å². The molecule has 1 atom stereocenters. The van der Waals surface area contributed by atoms with Crippen LogP contribution in [0, 0.1) is 5.41 Å². The number of hydrogen-bond donors (Lipinski definition) is 1. The number of carbonyl (C=O) groups excluding carboxylic acids is 1. The van der Waals surface area contributed by atoms with Crippen LogP contribution >= 0.6 is 0 Å². The maximum Gasteiger partial charge on any atom is 0.410 e. The van der Waals surface area contributed by atoms with Crippen molar-refractivity contribution in [2.45, 2.75) is 104 Å². The monoisotopic (exact) mass is 550 g/mol. The van der Waals surface area contributed by atoms with E-state index in [1.54, 1.807) is 11.9 Å². The zero-order chi connectivity index (χ0) is 28.3. The summed E-state index contributed by atoms with van der Waals surface area (Å²) < 4.78 is 25.4. The Hall–Kier alpha value is -1.68. The Kier molecular flexibility index (Phi) is 12.5. The Morgan fingerprint density at radius 3 is 2.41 bits per heavy atom. The van der Waals surface area contributed by atoms with Gasteiger partial charge < -0.3 is 29.2 Å². The molecule has 9 nitrogen and oxygen atoms in total. The fourth-order valence-corrected chi connectivity index (χ4v) is 5.56. The molecule has 9 heteroatoms. The van der Waals surface area contributed by atoms with Crippen LogP contribution in [0.3, 0.4) is 0 Å². The average molecular weight is 551 g/mol. The van der Waals surface area contributed by atoms with Gasteiger partial charge >= 0.3 is 6.09 Å². The highest BCUT2D eigenvalue weighted by Gasteiger charge is 2.38. The van der Waals surface area contributed by atoms with Crippen molar-refractivity contribution in [3.8, 4) is 0 Å². The van der Waals surface area contributed by atoms with Crippen molar-refractivity contribution in [2.75, 3.05) is 59.7 Å². The zero-order valence-electron chi connectivity index (χ0n) is 25.4. The average Bonchev–Trinajstić information content (AvgIpc) is 3.34. The van der Waals surface area contributed by atoms with Gasteiger partial charge in [-0.25, -0.2) is 9.48 Å². The molecule has 1 aromatic heterocycles. The predicted octanol–water partition coefficient (Wildman–Crippen LogP) is 5.30. The molecular formula is C30H54N4O5. The molecule has 0 spiro atoms. The van der Waals surface area contributed by atoms with Crippen molar-refractivity contribution in [1.29, 1.82) is 0 Å². The zero-order valence-corrected chi connectivity index (χ0v) is 25.4. The van der Waals surface area contributed by atoms with Crippen molar-refractivity contribution in [2.24, 2.45) is 5.41 Å². The van der Waals surface area contributed by atoms with E-state index in [0.717, 1.165) is 84.5 Å². The Bertz CT molecular complexity index is 844. The van der Waals surface area contributed by atoms with E-state index < -0.39 is 5.60 Å². The molecule has 1 unspecified atom stereocenters. The molecule has 0 bridgehead atoms. The summed E-state index contributed by atoms with van der Waals surface area (Å²) in [6.07, 6.45) is 10.6. The largest absolute Gasteiger partial charge is 0.444 e. The molecule has 1 amide bonds. The Morgan fingerprint density at radius 1 is 1.13 bits per heavy atom. The molecular weight excluding hydrogens is 496 g/mol. The molecule has 1 aliphatic carbocycles. The summed E-state index contributed by atoms with van der Waals surface area (Å²) in [5.74, 6) is 0.444. The maximum absolute atomic E-state index is 12.2. The summed E-state index contributed by atoms with van der Waals surface area (Å²) in [6, 6.07) is 0. The van der Waals surface area contributed by atoms with Crippen molar-refractivity contribution in [3.05, 3.63) is 17.5 Å². The molecule has 39 heavy (non-hydrogen) atoms. The Labute approximate surface area is 236 Å². The van der Waals surface area contributed by atoms with Crippen LogP contribution in [0.25, 0.3) is 0 Å². The van der Waals surface area contributed by atoms with Gasteiger partial charge in [-0.1, -0.05) is 0 Å². The van der Waals surface area contributed by atoms with Gasteiger partial charge in [0, 0.05) is 57.5 Å². The van der Waals surface area contributed by atoms with Crippen LogP contribution in [0.15, 0.2) is 6.20 Å². The molecule has 0 radical (unpaired) electrons. The van der Waals surface area contributed by atoms with E-state index in [1.165, 1.54) is 17.7 Å². The van der Waals surface area contributed by atoms with Crippen LogP contribution < -0.4 is 5.32 Å². The fraction of sp³-hybridized carbons (Fsp3) is 0.867. The number of likely N-dealkylation sites (N-methyl/N-ethyl adjacent to an activating group) is 1. The molecule has 2 fully saturated rings. The second kappa shape index (κ2) is 15.4. The lowest BCUT2D eigenvalue weighted by Crippen LogP contribution is -2.38. The first-order valence-electron chi connectivity index (χ1n) is 15.2. The van der Waals surface area contributed by atoms with Crippen LogP contribution in [0.5, 0.6) is 0 Å². The second-order valence-electron chi connectivity index (χ2n) is 12.3. The standard InChI is InChI=1S/C30H54N4O5/c1-7-36-22-30(23-37-8-2)15-12-24(13-16-30)27-25(21-34(32-27)26-11-9-10-20-38-26)14-17-31-18-19-33(6)28(35)39-29(3,4)5/h21,24,26,31H,7-20,22-23H2,1-6H3. The first-order valence-corrected chi connectivity index (χ1v) is 15.2. The van der Waals surface area contributed by atoms with Gasteiger partial charge in [-0.2, -0.15) is 5.10 Å². The van der Waals surface area contributed by atoms with E-state index >= 15 is 0 Å². The van der Waals surface area contributed by atoms with Crippen LogP contribution in [0.1, 0.15) is 103 Å². The van der Waals surface area contributed by atoms with Gasteiger partial charge in [-0.3, -0.25) is 0 Å². The second-order valence-corrected chi connectivity index (χ2v) is 12.3. The number of carbonyl (C=O) groups is 1. The third-order valence-corrected chi connectivity index (χ3v) is 7.85. The van der Waals surface area contributed by atoms with Crippen molar-refractivity contribution in [3.63, 3.8) is 0 Å². The molecule has 2 aliphatic rings. The molecule has 1 aromatic rings. The van der Waals surface area contributed by atoms with E-state index in [-0.39, 0.29) is 17.7 Å². The van der Waals surface area contributed by atoms with E-state index in [4.69, 9.17) is 24.0 Å². The van der Waals surface area contributed by atoms with Crippen LogP contribution in [-0.2, 0) is 25.4 Å². The lowest BCUT2D eigenvalue weighted by molar-refractivity contribution is -0.0421. The molecule has 1 saturated carbocycles. The molecule has 2 heterocycles. The molecule has 1 N–H and O–H groups in total. The third kappa shape index (κ3) is 10.0. The first kappa shape index (κ1) is 31.8. The first-order chi connectivity index (χ1) is 18.7. The summed E-state index contributed by atoms with van der Waals surface area (Å²) >= 11 is 0. The van der Waals surface area contributed by atoms with Crippen molar-refractivity contribution < 1.29 is 23.7 Å². The number of nitrogens with one attached hydrogen (secondary N) is 1. The van der Waals surface area contributed by atoms with Crippen LogP contribution in [0.4, 0.5) is 4.79 Å². The van der Waals surface area contributed by atoms with E-state index in [0.29, 0.717) is 19.0 Å². The highest BCUT2D eigenvalue weighted by molar-refractivity contribution is 5.67. The minimum absolute atomic E-state index is 0.0419. The number of amides is 1. The number of ether oxygens (including phenoxy) is 4. The quantitative estimate of drug-likeness (QED) is 0.315. The Morgan fingerprint density at radius 2 is 1.82 bits per heavy atom. The van der Waals surface area contributed by atoms with E-state index in [9.17, 15) is 4.79 Å². The van der Waals surface area contributed by atoms with Gasteiger partial charge in [0.1, 0.15) is 11.8 Å². The van der Waals surface area contributed by atoms with Crippen molar-refractivity contribution >= 4 is 6.09 Å². The summed E-state index contributed by atoms with van der Waals surface area (Å²) in [7, 11) is 1.78. The SMILES string of the molecule is CCOCC1(COCC)CCC(c2nn(C3CCCCO3)cc2CCNCCN(C)C(=O)OC(C)(C)C)CC1. The van der Waals surface area contributed by atoms with Gasteiger partial charge in [-0.15, -0.1) is 0 Å². The predicted molar refractivity (Wildman–Crippen MR) is 153 cm³/mol. The van der Waals surface area contributed by atoms with Crippen molar-refractivity contribution in [1.82, 2.24) is 20.0 Å². The molecule has 1 saturated heterocycles. The highest BCUT2D eigenvalue weighted by atomic mass is 16.6. The lowest BCUT2D eigenvalue weighted by Gasteiger charge is -2.39. The maximum atomic E-state index is 12.2. The van der Waals surface area contributed by atoms with Gasteiger partial charge in [0.15, 0.2) is 0 Å². The van der Waals surface area contributed by atoms with E-state index in [2.05, 4.69) is 30.0 Å².